The highest BCUT2D eigenvalue weighted by atomic mass is 32.2. The van der Waals surface area contributed by atoms with E-state index in [1.54, 1.807) is 24.7 Å². The predicted octanol–water partition coefficient (Wildman–Crippen LogP) is 6.42. The third kappa shape index (κ3) is 5.64. The Morgan fingerprint density at radius 3 is 2.50 bits per heavy atom. The maximum Gasteiger partial charge on any atom is 0.316 e. The van der Waals surface area contributed by atoms with Crippen molar-refractivity contribution in [3.8, 4) is 17.1 Å². The zero-order valence-electron chi connectivity index (χ0n) is 20.5. The minimum absolute atomic E-state index is 0.0244. The van der Waals surface area contributed by atoms with Crippen molar-refractivity contribution in [3.05, 3.63) is 65.7 Å². The Morgan fingerprint density at radius 2 is 1.81 bits per heavy atom. The van der Waals surface area contributed by atoms with Crippen LogP contribution in [0.25, 0.3) is 22.2 Å². The second kappa shape index (κ2) is 10.6. The van der Waals surface area contributed by atoms with Crippen LogP contribution >= 0.6 is 11.9 Å². The van der Waals surface area contributed by atoms with Gasteiger partial charge in [-0.3, -0.25) is 4.79 Å². The van der Waals surface area contributed by atoms with Crippen molar-refractivity contribution < 1.29 is 18.3 Å². The van der Waals surface area contributed by atoms with Gasteiger partial charge in [0.05, 0.1) is 12.2 Å². The lowest BCUT2D eigenvalue weighted by atomic mass is 9.99. The van der Waals surface area contributed by atoms with Gasteiger partial charge in [-0.15, -0.1) is 0 Å². The van der Waals surface area contributed by atoms with Gasteiger partial charge >= 0.3 is 6.01 Å². The SMILES string of the molecule is CCCSNc1c(F)ccc(C(=O)c2c[nH]c3ncc(-c4cnc(OCC(C)(C)C)nc4)cc23)c1F. The Balaban J connectivity index is 1.63. The van der Waals surface area contributed by atoms with Crippen LogP contribution in [-0.4, -0.2) is 38.1 Å². The normalized spacial score (nSPS) is 11.6. The van der Waals surface area contributed by atoms with Crippen molar-refractivity contribution in [3.63, 3.8) is 0 Å². The Labute approximate surface area is 212 Å². The number of ketones is 1. The first kappa shape index (κ1) is 25.6. The van der Waals surface area contributed by atoms with E-state index in [2.05, 4.69) is 45.4 Å². The number of carbonyl (C=O) groups is 1. The van der Waals surface area contributed by atoms with Gasteiger partial charge in [-0.2, -0.15) is 0 Å². The molecule has 188 valence electrons. The number of benzene rings is 1. The van der Waals surface area contributed by atoms with E-state index in [9.17, 15) is 9.18 Å². The molecule has 4 rings (SSSR count). The van der Waals surface area contributed by atoms with E-state index in [1.807, 2.05) is 6.92 Å². The molecule has 0 aliphatic carbocycles. The molecule has 1 aromatic carbocycles. The molecule has 2 N–H and O–H groups in total. The van der Waals surface area contributed by atoms with Crippen LogP contribution in [0.4, 0.5) is 14.5 Å². The van der Waals surface area contributed by atoms with Gasteiger partial charge in [-0.05, 0) is 30.0 Å². The molecule has 0 amide bonds. The highest BCUT2D eigenvalue weighted by Crippen LogP contribution is 2.30. The quantitative estimate of drug-likeness (QED) is 0.152. The van der Waals surface area contributed by atoms with E-state index in [4.69, 9.17) is 4.74 Å². The monoisotopic (exact) mass is 511 g/mol. The molecule has 4 aromatic rings. The number of fused-ring (bicyclic) bond motifs is 1. The lowest BCUT2D eigenvalue weighted by molar-refractivity contribution is 0.103. The van der Waals surface area contributed by atoms with Crippen molar-refractivity contribution in [2.24, 2.45) is 5.41 Å². The minimum atomic E-state index is -0.929. The van der Waals surface area contributed by atoms with Gasteiger partial charge in [0.2, 0.25) is 0 Å². The van der Waals surface area contributed by atoms with Crippen molar-refractivity contribution in [1.82, 2.24) is 19.9 Å². The first-order valence-corrected chi connectivity index (χ1v) is 12.5. The maximum atomic E-state index is 15.1. The molecule has 0 unspecified atom stereocenters. The van der Waals surface area contributed by atoms with Crippen LogP contribution in [-0.2, 0) is 0 Å². The molecular weight excluding hydrogens is 484 g/mol. The fraction of sp³-hybridized carbons (Fsp3) is 0.308. The van der Waals surface area contributed by atoms with Gasteiger partial charge in [-0.25, -0.2) is 23.7 Å². The standard InChI is InChI=1S/C26H27F2N5O2S/c1-5-8-36-33-22-20(27)7-6-17(21(22)28)23(34)19-13-30-24-18(19)9-15(10-29-24)16-11-31-25(32-12-16)35-14-26(2,3)4/h6-7,9-13,33H,5,8,14H2,1-4H3,(H,29,30). The number of rotatable bonds is 9. The molecule has 3 aromatic heterocycles. The van der Waals surface area contributed by atoms with Crippen molar-refractivity contribution in [2.45, 2.75) is 34.1 Å². The second-order valence-corrected chi connectivity index (χ2v) is 10.4. The molecule has 10 heteroatoms. The smallest absolute Gasteiger partial charge is 0.316 e. The molecule has 7 nitrogen and oxygen atoms in total. The van der Waals surface area contributed by atoms with Crippen molar-refractivity contribution >= 4 is 34.5 Å². The average molecular weight is 512 g/mol. The van der Waals surface area contributed by atoms with Gasteiger partial charge in [0.15, 0.2) is 11.6 Å². The topological polar surface area (TPSA) is 92.8 Å². The number of hydrogen-bond donors (Lipinski definition) is 2. The first-order chi connectivity index (χ1) is 17.2. The summed E-state index contributed by atoms with van der Waals surface area (Å²) in [5.74, 6) is -1.60. The lowest BCUT2D eigenvalue weighted by Gasteiger charge is -2.17. The van der Waals surface area contributed by atoms with Crippen LogP contribution in [0, 0.1) is 17.0 Å². The van der Waals surface area contributed by atoms with Crippen molar-refractivity contribution in [1.29, 1.82) is 0 Å². The Hall–Kier alpha value is -3.53. The molecular formula is C26H27F2N5O2S. The summed E-state index contributed by atoms with van der Waals surface area (Å²) in [4.78, 5) is 29.1. The summed E-state index contributed by atoms with van der Waals surface area (Å²) in [6, 6.07) is 4.28. The fourth-order valence-electron chi connectivity index (χ4n) is 3.36. The maximum absolute atomic E-state index is 15.1. The predicted molar refractivity (Wildman–Crippen MR) is 138 cm³/mol. The van der Waals surface area contributed by atoms with Crippen LogP contribution in [0.15, 0.2) is 43.0 Å². The molecule has 3 heterocycles. The number of nitrogens with one attached hydrogen (secondary N) is 2. The summed E-state index contributed by atoms with van der Waals surface area (Å²) in [6.45, 7) is 8.60. The lowest BCUT2D eigenvalue weighted by Crippen LogP contribution is -2.17. The average Bonchev–Trinajstić information content (AvgIpc) is 3.28. The molecule has 0 aliphatic rings. The van der Waals surface area contributed by atoms with Crippen LogP contribution in [0.2, 0.25) is 0 Å². The summed E-state index contributed by atoms with van der Waals surface area (Å²) in [6.07, 6.45) is 7.18. The third-order valence-electron chi connectivity index (χ3n) is 5.19. The van der Waals surface area contributed by atoms with Gasteiger partial charge in [0.1, 0.15) is 17.2 Å². The Morgan fingerprint density at radius 1 is 1.08 bits per heavy atom. The summed E-state index contributed by atoms with van der Waals surface area (Å²) >= 11 is 1.18. The fourth-order valence-corrected chi connectivity index (χ4v) is 4.00. The number of aromatic nitrogens is 4. The number of H-pyrrole nitrogens is 1. The number of pyridine rings is 1. The number of carbonyl (C=O) groups excluding carboxylic acids is 1. The highest BCUT2D eigenvalue weighted by Gasteiger charge is 2.23. The molecule has 0 saturated heterocycles. The zero-order chi connectivity index (χ0) is 25.9. The Bertz CT molecular complexity index is 1380. The summed E-state index contributed by atoms with van der Waals surface area (Å²) in [7, 11) is 0. The number of hydrogen-bond acceptors (Lipinski definition) is 7. The van der Waals surface area contributed by atoms with E-state index in [0.29, 0.717) is 34.5 Å². The number of halogens is 2. The number of nitrogens with zero attached hydrogens (tertiary/aromatic N) is 3. The van der Waals surface area contributed by atoms with Crippen LogP contribution < -0.4 is 9.46 Å². The van der Waals surface area contributed by atoms with Gasteiger partial charge in [-0.1, -0.05) is 39.6 Å². The van der Waals surface area contributed by atoms with E-state index >= 15 is 4.39 Å². The highest BCUT2D eigenvalue weighted by molar-refractivity contribution is 8.00. The molecule has 0 aliphatic heterocycles. The van der Waals surface area contributed by atoms with E-state index < -0.39 is 17.4 Å². The van der Waals surface area contributed by atoms with Gasteiger partial charge in [0, 0.05) is 52.6 Å². The largest absolute Gasteiger partial charge is 0.463 e. The number of aromatic amines is 1. The van der Waals surface area contributed by atoms with Gasteiger partial charge < -0.3 is 14.4 Å². The number of ether oxygens (including phenoxy) is 1. The molecule has 0 spiro atoms. The Kier molecular flexibility index (Phi) is 7.53. The van der Waals surface area contributed by atoms with Crippen molar-refractivity contribution in [2.75, 3.05) is 17.1 Å². The van der Waals surface area contributed by atoms with Crippen LogP contribution in [0.5, 0.6) is 6.01 Å². The van der Waals surface area contributed by atoms with E-state index in [-0.39, 0.29) is 28.2 Å². The zero-order valence-corrected chi connectivity index (χ0v) is 21.3. The second-order valence-electron chi connectivity index (χ2n) is 9.49. The molecule has 0 radical (unpaired) electrons. The van der Waals surface area contributed by atoms with Crippen LogP contribution in [0.3, 0.4) is 0 Å². The molecule has 0 fully saturated rings. The first-order valence-electron chi connectivity index (χ1n) is 11.5. The molecule has 0 saturated carbocycles. The summed E-state index contributed by atoms with van der Waals surface area (Å²) in [5.41, 5.74) is 1.46. The molecule has 0 bridgehead atoms. The minimum Gasteiger partial charge on any atom is -0.463 e. The third-order valence-corrected chi connectivity index (χ3v) is 6.15. The van der Waals surface area contributed by atoms with E-state index in [1.165, 1.54) is 18.1 Å². The summed E-state index contributed by atoms with van der Waals surface area (Å²) < 4.78 is 37.7. The van der Waals surface area contributed by atoms with E-state index in [0.717, 1.165) is 18.6 Å². The molecule has 0 atom stereocenters. The van der Waals surface area contributed by atoms with Gasteiger partial charge in [0.25, 0.3) is 0 Å². The molecule has 36 heavy (non-hydrogen) atoms. The number of anilines is 1. The summed E-state index contributed by atoms with van der Waals surface area (Å²) in [5, 5.41) is 0.504. The van der Waals surface area contributed by atoms with Crippen LogP contribution in [0.1, 0.15) is 50.0 Å².